The maximum Gasteiger partial charge on any atom is 0.242 e. The maximum absolute atomic E-state index is 11.9. The molecule has 17 heavy (non-hydrogen) atoms. The Morgan fingerprint density at radius 3 is 2.88 bits per heavy atom. The molecule has 1 unspecified atom stereocenters. The van der Waals surface area contributed by atoms with Crippen LogP contribution in [0.2, 0.25) is 0 Å². The van der Waals surface area contributed by atoms with Gasteiger partial charge in [-0.1, -0.05) is 15.9 Å². The first kappa shape index (κ1) is 12.7. The second-order valence-corrected chi connectivity index (χ2v) is 5.38. The standard InChI is InChI=1S/C12H13BrClNO2/c1-17-10-5-2-7(13)6-9(10)11(14)12(16)15-8-3-4-8/h2,5-6,8,11H,3-4H2,1H3,(H,15,16). The number of amides is 1. The molecule has 3 nitrogen and oxygen atoms in total. The molecule has 0 saturated heterocycles. The summed E-state index contributed by atoms with van der Waals surface area (Å²) in [6.45, 7) is 0. The Hall–Kier alpha value is -0.740. The van der Waals surface area contributed by atoms with Gasteiger partial charge >= 0.3 is 0 Å². The van der Waals surface area contributed by atoms with E-state index in [1.807, 2.05) is 12.1 Å². The van der Waals surface area contributed by atoms with Crippen molar-refractivity contribution < 1.29 is 9.53 Å². The number of hydrogen-bond donors (Lipinski definition) is 1. The zero-order chi connectivity index (χ0) is 12.4. The highest BCUT2D eigenvalue weighted by Crippen LogP contribution is 2.33. The van der Waals surface area contributed by atoms with Crippen molar-refractivity contribution >= 4 is 33.4 Å². The van der Waals surface area contributed by atoms with Crippen molar-refractivity contribution in [2.24, 2.45) is 0 Å². The smallest absolute Gasteiger partial charge is 0.242 e. The van der Waals surface area contributed by atoms with Gasteiger partial charge in [0.05, 0.1) is 7.11 Å². The third kappa shape index (κ3) is 3.13. The summed E-state index contributed by atoms with van der Waals surface area (Å²) in [6, 6.07) is 5.76. The molecule has 5 heteroatoms. The Labute approximate surface area is 114 Å². The van der Waals surface area contributed by atoms with E-state index in [4.69, 9.17) is 16.3 Å². The van der Waals surface area contributed by atoms with Crippen LogP contribution in [0.25, 0.3) is 0 Å². The van der Waals surface area contributed by atoms with Gasteiger partial charge in [0.15, 0.2) is 0 Å². The van der Waals surface area contributed by atoms with Crippen molar-refractivity contribution in [1.82, 2.24) is 5.32 Å². The Kier molecular flexibility index (Phi) is 3.94. The summed E-state index contributed by atoms with van der Waals surface area (Å²) in [5, 5.41) is 2.16. The molecule has 1 amide bonds. The highest BCUT2D eigenvalue weighted by Gasteiger charge is 2.28. The van der Waals surface area contributed by atoms with Crippen LogP contribution in [0.15, 0.2) is 22.7 Å². The summed E-state index contributed by atoms with van der Waals surface area (Å²) < 4.78 is 6.08. The average molecular weight is 319 g/mol. The van der Waals surface area contributed by atoms with Crippen molar-refractivity contribution in [3.8, 4) is 5.75 Å². The van der Waals surface area contributed by atoms with E-state index in [2.05, 4.69) is 21.2 Å². The molecule has 1 N–H and O–H groups in total. The molecule has 92 valence electrons. The van der Waals surface area contributed by atoms with Crippen molar-refractivity contribution in [3.63, 3.8) is 0 Å². The van der Waals surface area contributed by atoms with E-state index in [1.165, 1.54) is 0 Å². The lowest BCUT2D eigenvalue weighted by Crippen LogP contribution is -2.28. The lowest BCUT2D eigenvalue weighted by molar-refractivity contribution is -0.121. The molecule has 0 bridgehead atoms. The monoisotopic (exact) mass is 317 g/mol. The molecule has 0 aliphatic heterocycles. The number of benzene rings is 1. The number of ether oxygens (including phenoxy) is 1. The molecule has 1 saturated carbocycles. The van der Waals surface area contributed by atoms with Crippen LogP contribution in [-0.4, -0.2) is 19.1 Å². The first-order valence-corrected chi connectivity index (χ1v) is 6.62. The summed E-state index contributed by atoms with van der Waals surface area (Å²) in [7, 11) is 1.56. The fraction of sp³-hybridized carbons (Fsp3) is 0.417. The Balaban J connectivity index is 2.18. The van der Waals surface area contributed by atoms with Crippen molar-refractivity contribution in [1.29, 1.82) is 0 Å². The zero-order valence-electron chi connectivity index (χ0n) is 9.37. The van der Waals surface area contributed by atoms with Gasteiger partial charge in [-0.25, -0.2) is 0 Å². The number of methoxy groups -OCH3 is 1. The van der Waals surface area contributed by atoms with E-state index in [1.54, 1.807) is 13.2 Å². The lowest BCUT2D eigenvalue weighted by Gasteiger charge is -2.14. The lowest BCUT2D eigenvalue weighted by atomic mass is 10.1. The summed E-state index contributed by atoms with van der Waals surface area (Å²) in [4.78, 5) is 11.9. The molecule has 0 heterocycles. The first-order valence-electron chi connectivity index (χ1n) is 5.39. The van der Waals surface area contributed by atoms with Crippen molar-refractivity contribution in [3.05, 3.63) is 28.2 Å². The van der Waals surface area contributed by atoms with Gasteiger partial charge in [0.1, 0.15) is 11.1 Å². The quantitative estimate of drug-likeness (QED) is 0.867. The minimum absolute atomic E-state index is 0.162. The molecule has 1 aromatic rings. The molecule has 1 aliphatic carbocycles. The summed E-state index contributed by atoms with van der Waals surface area (Å²) in [5.74, 6) is 0.463. The molecule has 1 fully saturated rings. The molecule has 1 aliphatic rings. The van der Waals surface area contributed by atoms with E-state index in [9.17, 15) is 4.79 Å². The zero-order valence-corrected chi connectivity index (χ0v) is 11.7. The van der Waals surface area contributed by atoms with Crippen LogP contribution in [0.4, 0.5) is 0 Å². The van der Waals surface area contributed by atoms with Crippen molar-refractivity contribution in [2.45, 2.75) is 24.3 Å². The third-order valence-corrected chi connectivity index (χ3v) is 3.55. The summed E-state index contributed by atoms with van der Waals surface area (Å²) in [6.07, 6.45) is 2.09. The number of carbonyl (C=O) groups excluding carboxylic acids is 1. The number of halogens is 2. The number of hydrogen-bond acceptors (Lipinski definition) is 2. The largest absolute Gasteiger partial charge is 0.496 e. The Morgan fingerprint density at radius 2 is 2.29 bits per heavy atom. The van der Waals surface area contributed by atoms with Gasteiger partial charge in [-0.3, -0.25) is 4.79 Å². The average Bonchev–Trinajstić information content (AvgIpc) is 3.11. The molecule has 1 aromatic carbocycles. The van der Waals surface area contributed by atoms with E-state index < -0.39 is 5.38 Å². The maximum atomic E-state index is 11.9. The number of carbonyl (C=O) groups is 1. The fourth-order valence-electron chi connectivity index (χ4n) is 1.55. The van der Waals surface area contributed by atoms with E-state index in [0.29, 0.717) is 17.4 Å². The predicted molar refractivity (Wildman–Crippen MR) is 70.5 cm³/mol. The summed E-state index contributed by atoms with van der Waals surface area (Å²) >= 11 is 9.53. The van der Waals surface area contributed by atoms with Gasteiger partial charge in [0, 0.05) is 16.1 Å². The normalized spacial score (nSPS) is 16.4. The van der Waals surface area contributed by atoms with E-state index in [-0.39, 0.29) is 5.91 Å². The van der Waals surface area contributed by atoms with Crippen LogP contribution >= 0.6 is 27.5 Å². The molecule has 0 radical (unpaired) electrons. The minimum Gasteiger partial charge on any atom is -0.496 e. The highest BCUT2D eigenvalue weighted by atomic mass is 79.9. The topological polar surface area (TPSA) is 38.3 Å². The molecule has 0 spiro atoms. The summed E-state index contributed by atoms with van der Waals surface area (Å²) in [5.41, 5.74) is 0.682. The molecule has 1 atom stereocenters. The van der Waals surface area contributed by atoms with E-state index >= 15 is 0 Å². The third-order valence-electron chi connectivity index (χ3n) is 2.62. The number of rotatable bonds is 4. The first-order chi connectivity index (χ1) is 8.11. The van der Waals surface area contributed by atoms with Crippen LogP contribution in [0.5, 0.6) is 5.75 Å². The predicted octanol–water partition coefficient (Wildman–Crippen LogP) is 3.02. The van der Waals surface area contributed by atoms with Crippen molar-refractivity contribution in [2.75, 3.05) is 7.11 Å². The van der Waals surface area contributed by atoms with Gasteiger partial charge < -0.3 is 10.1 Å². The molecular weight excluding hydrogens is 305 g/mol. The van der Waals surface area contributed by atoms with Crippen LogP contribution in [0, 0.1) is 0 Å². The van der Waals surface area contributed by atoms with Gasteiger partial charge in [-0.2, -0.15) is 0 Å². The molecule has 2 rings (SSSR count). The fourth-order valence-corrected chi connectivity index (χ4v) is 2.16. The molecular formula is C12H13BrClNO2. The minimum atomic E-state index is -0.719. The Morgan fingerprint density at radius 1 is 1.59 bits per heavy atom. The van der Waals surface area contributed by atoms with Gasteiger partial charge in [0.2, 0.25) is 5.91 Å². The van der Waals surface area contributed by atoms with Crippen LogP contribution in [0.3, 0.4) is 0 Å². The Bertz CT molecular complexity index is 435. The molecule has 0 aromatic heterocycles. The van der Waals surface area contributed by atoms with Gasteiger partial charge in [0.25, 0.3) is 0 Å². The highest BCUT2D eigenvalue weighted by molar-refractivity contribution is 9.10. The van der Waals surface area contributed by atoms with Gasteiger partial charge in [-0.15, -0.1) is 11.6 Å². The second kappa shape index (κ2) is 5.27. The van der Waals surface area contributed by atoms with E-state index in [0.717, 1.165) is 17.3 Å². The second-order valence-electron chi connectivity index (χ2n) is 4.03. The van der Waals surface area contributed by atoms with Crippen LogP contribution in [-0.2, 0) is 4.79 Å². The number of alkyl halides is 1. The van der Waals surface area contributed by atoms with Gasteiger partial charge in [-0.05, 0) is 31.0 Å². The van der Waals surface area contributed by atoms with Crippen LogP contribution < -0.4 is 10.1 Å². The van der Waals surface area contributed by atoms with Crippen LogP contribution in [0.1, 0.15) is 23.8 Å². The SMILES string of the molecule is COc1ccc(Br)cc1C(Cl)C(=O)NC1CC1. The number of nitrogens with one attached hydrogen (secondary N) is 1.